The number of benzene rings is 1. The Bertz CT molecular complexity index is 447. The van der Waals surface area contributed by atoms with E-state index in [1.807, 2.05) is 12.1 Å². The van der Waals surface area contributed by atoms with E-state index in [-0.39, 0.29) is 5.91 Å². The summed E-state index contributed by atoms with van der Waals surface area (Å²) in [6.07, 6.45) is 0.514. The highest BCUT2D eigenvalue weighted by Crippen LogP contribution is 2.10. The molecule has 1 aromatic carbocycles. The molecule has 1 unspecified atom stereocenters. The van der Waals surface area contributed by atoms with Gasteiger partial charge in [-0.05, 0) is 24.1 Å². The lowest BCUT2D eigenvalue weighted by molar-refractivity contribution is -0.122. The second-order valence-corrected chi connectivity index (χ2v) is 5.62. The Hall–Kier alpha value is -1.14. The highest BCUT2D eigenvalue weighted by Gasteiger charge is 2.15. The second-order valence-electron chi connectivity index (χ2n) is 5.18. The van der Waals surface area contributed by atoms with Crippen LogP contribution >= 0.6 is 11.6 Å². The molecule has 6 heteroatoms. The third-order valence-electron chi connectivity index (χ3n) is 3.54. The van der Waals surface area contributed by atoms with Gasteiger partial charge in [0.1, 0.15) is 0 Å². The van der Waals surface area contributed by atoms with Crippen LogP contribution in [0.1, 0.15) is 5.56 Å². The van der Waals surface area contributed by atoms with Crippen LogP contribution in [-0.4, -0.2) is 56.2 Å². The third-order valence-corrected chi connectivity index (χ3v) is 3.79. The van der Waals surface area contributed by atoms with Gasteiger partial charge in [0.25, 0.3) is 0 Å². The molecular formula is C15H22ClN3O2. The first kappa shape index (κ1) is 16.2. The molecule has 0 aromatic heterocycles. The number of morpholine rings is 1. The molecule has 0 bridgehead atoms. The summed E-state index contributed by atoms with van der Waals surface area (Å²) in [5.41, 5.74) is 6.94. The van der Waals surface area contributed by atoms with Gasteiger partial charge in [0, 0.05) is 31.2 Å². The maximum Gasteiger partial charge on any atom is 0.237 e. The van der Waals surface area contributed by atoms with E-state index in [9.17, 15) is 4.79 Å². The molecule has 2 rings (SSSR count). The quantitative estimate of drug-likeness (QED) is 0.810. The van der Waals surface area contributed by atoms with Crippen LogP contribution in [0.5, 0.6) is 0 Å². The number of halogens is 1. The van der Waals surface area contributed by atoms with E-state index in [1.165, 1.54) is 0 Å². The Balaban J connectivity index is 1.68. The van der Waals surface area contributed by atoms with Gasteiger partial charge in [-0.25, -0.2) is 0 Å². The number of amides is 1. The average molecular weight is 312 g/mol. The lowest BCUT2D eigenvalue weighted by Gasteiger charge is -2.26. The first-order valence-electron chi connectivity index (χ1n) is 7.23. The van der Waals surface area contributed by atoms with Gasteiger partial charge in [0.05, 0.1) is 19.3 Å². The van der Waals surface area contributed by atoms with E-state index in [4.69, 9.17) is 22.1 Å². The first-order valence-corrected chi connectivity index (χ1v) is 7.61. The standard InChI is InChI=1S/C15H22ClN3O2/c16-13-3-1-12(2-4-13)11-14(17)15(20)18-5-6-19-7-9-21-10-8-19/h1-4,14H,5-11,17H2,(H,18,20). The number of ether oxygens (including phenoxy) is 1. The molecule has 1 atom stereocenters. The molecule has 0 spiro atoms. The highest BCUT2D eigenvalue weighted by molar-refractivity contribution is 6.30. The van der Waals surface area contributed by atoms with Crippen molar-refractivity contribution < 1.29 is 9.53 Å². The molecule has 0 radical (unpaired) electrons. The molecule has 21 heavy (non-hydrogen) atoms. The molecular weight excluding hydrogens is 290 g/mol. The Morgan fingerprint density at radius 1 is 1.33 bits per heavy atom. The van der Waals surface area contributed by atoms with Crippen LogP contribution in [0.3, 0.4) is 0 Å². The minimum atomic E-state index is -0.532. The van der Waals surface area contributed by atoms with Crippen molar-refractivity contribution in [1.82, 2.24) is 10.2 Å². The zero-order valence-corrected chi connectivity index (χ0v) is 12.8. The van der Waals surface area contributed by atoms with E-state index >= 15 is 0 Å². The van der Waals surface area contributed by atoms with Crippen molar-refractivity contribution >= 4 is 17.5 Å². The molecule has 1 heterocycles. The predicted molar refractivity (Wildman–Crippen MR) is 83.4 cm³/mol. The zero-order chi connectivity index (χ0) is 15.1. The molecule has 5 nitrogen and oxygen atoms in total. The number of hydrogen-bond acceptors (Lipinski definition) is 4. The lowest BCUT2D eigenvalue weighted by atomic mass is 10.1. The van der Waals surface area contributed by atoms with Gasteiger partial charge in [0.2, 0.25) is 5.91 Å². The summed E-state index contributed by atoms with van der Waals surface area (Å²) in [6.45, 7) is 4.84. The van der Waals surface area contributed by atoms with Crippen LogP contribution in [0.2, 0.25) is 5.02 Å². The SMILES string of the molecule is NC(Cc1ccc(Cl)cc1)C(=O)NCCN1CCOCC1. The highest BCUT2D eigenvalue weighted by atomic mass is 35.5. The van der Waals surface area contributed by atoms with Crippen molar-refractivity contribution in [2.45, 2.75) is 12.5 Å². The average Bonchev–Trinajstić information content (AvgIpc) is 2.50. The van der Waals surface area contributed by atoms with E-state index in [2.05, 4.69) is 10.2 Å². The second kappa shape index (κ2) is 8.34. The van der Waals surface area contributed by atoms with Crippen molar-refractivity contribution in [1.29, 1.82) is 0 Å². The topological polar surface area (TPSA) is 67.6 Å². The molecule has 1 aliphatic rings. The van der Waals surface area contributed by atoms with Crippen molar-refractivity contribution in [2.75, 3.05) is 39.4 Å². The summed E-state index contributed by atoms with van der Waals surface area (Å²) in [7, 11) is 0. The summed E-state index contributed by atoms with van der Waals surface area (Å²) < 4.78 is 5.28. The van der Waals surface area contributed by atoms with E-state index in [1.54, 1.807) is 12.1 Å². The predicted octanol–water partition coefficient (Wildman–Crippen LogP) is 0.658. The van der Waals surface area contributed by atoms with Crippen molar-refractivity contribution in [2.24, 2.45) is 5.73 Å². The van der Waals surface area contributed by atoms with Gasteiger partial charge in [0.15, 0.2) is 0 Å². The summed E-state index contributed by atoms with van der Waals surface area (Å²) in [5, 5.41) is 3.57. The smallest absolute Gasteiger partial charge is 0.237 e. The summed E-state index contributed by atoms with van der Waals surface area (Å²) in [4.78, 5) is 14.2. The van der Waals surface area contributed by atoms with Crippen LogP contribution in [0.15, 0.2) is 24.3 Å². The van der Waals surface area contributed by atoms with Gasteiger partial charge in [-0.3, -0.25) is 9.69 Å². The zero-order valence-electron chi connectivity index (χ0n) is 12.1. The largest absolute Gasteiger partial charge is 0.379 e. The van der Waals surface area contributed by atoms with Gasteiger partial charge < -0.3 is 15.8 Å². The Labute approximate surface area is 130 Å². The van der Waals surface area contributed by atoms with E-state index < -0.39 is 6.04 Å². The van der Waals surface area contributed by atoms with Crippen molar-refractivity contribution in [3.8, 4) is 0 Å². The Kier molecular flexibility index (Phi) is 6.45. The van der Waals surface area contributed by atoms with Crippen LogP contribution < -0.4 is 11.1 Å². The molecule has 1 amide bonds. The van der Waals surface area contributed by atoms with Gasteiger partial charge in [-0.1, -0.05) is 23.7 Å². The van der Waals surface area contributed by atoms with Crippen LogP contribution in [0.25, 0.3) is 0 Å². The number of carbonyl (C=O) groups is 1. The van der Waals surface area contributed by atoms with Gasteiger partial charge >= 0.3 is 0 Å². The van der Waals surface area contributed by atoms with Crippen LogP contribution in [-0.2, 0) is 16.0 Å². The molecule has 0 aliphatic carbocycles. The summed E-state index contributed by atoms with van der Waals surface area (Å²) in [5.74, 6) is -0.113. The van der Waals surface area contributed by atoms with Crippen LogP contribution in [0, 0.1) is 0 Å². The fourth-order valence-electron chi connectivity index (χ4n) is 2.26. The molecule has 3 N–H and O–H groups in total. The molecule has 1 fully saturated rings. The first-order chi connectivity index (χ1) is 10.1. The minimum Gasteiger partial charge on any atom is -0.379 e. The number of carbonyl (C=O) groups excluding carboxylic acids is 1. The molecule has 1 aliphatic heterocycles. The molecule has 0 saturated carbocycles. The minimum absolute atomic E-state index is 0.113. The number of hydrogen-bond donors (Lipinski definition) is 2. The fraction of sp³-hybridized carbons (Fsp3) is 0.533. The van der Waals surface area contributed by atoms with Gasteiger partial charge in [-0.15, -0.1) is 0 Å². The van der Waals surface area contributed by atoms with Gasteiger partial charge in [-0.2, -0.15) is 0 Å². The van der Waals surface area contributed by atoms with Crippen molar-refractivity contribution in [3.05, 3.63) is 34.9 Å². The van der Waals surface area contributed by atoms with Crippen LogP contribution in [0.4, 0.5) is 0 Å². The fourth-order valence-corrected chi connectivity index (χ4v) is 2.39. The maximum atomic E-state index is 12.0. The normalized spacial score (nSPS) is 17.4. The van der Waals surface area contributed by atoms with Crippen molar-refractivity contribution in [3.63, 3.8) is 0 Å². The molecule has 116 valence electrons. The third kappa shape index (κ3) is 5.63. The Morgan fingerprint density at radius 3 is 2.67 bits per heavy atom. The number of rotatable bonds is 6. The number of nitrogens with one attached hydrogen (secondary N) is 1. The van der Waals surface area contributed by atoms with E-state index in [0.717, 1.165) is 38.4 Å². The number of nitrogens with two attached hydrogens (primary N) is 1. The number of nitrogens with zero attached hydrogens (tertiary/aromatic N) is 1. The summed E-state index contributed by atoms with van der Waals surface area (Å²) >= 11 is 5.83. The maximum absolute atomic E-state index is 12.0. The molecule has 1 saturated heterocycles. The lowest BCUT2D eigenvalue weighted by Crippen LogP contribution is -2.46. The molecule has 1 aromatic rings. The summed E-state index contributed by atoms with van der Waals surface area (Å²) in [6, 6.07) is 6.86. The monoisotopic (exact) mass is 311 g/mol. The van der Waals surface area contributed by atoms with E-state index in [0.29, 0.717) is 18.0 Å². The Morgan fingerprint density at radius 2 is 2.00 bits per heavy atom.